The first kappa shape index (κ1) is 19.6. The van der Waals surface area contributed by atoms with E-state index in [1.54, 1.807) is 31.2 Å². The van der Waals surface area contributed by atoms with E-state index in [0.717, 1.165) is 23.4 Å². The lowest BCUT2D eigenvalue weighted by Gasteiger charge is -2.14. The van der Waals surface area contributed by atoms with Crippen LogP contribution in [0, 0.1) is 0 Å². The summed E-state index contributed by atoms with van der Waals surface area (Å²) in [5.74, 6) is -0.329. The molecule has 0 spiro atoms. The molecule has 0 aliphatic carbocycles. The number of carbonyl (C=O) groups excluding carboxylic acids is 1. The summed E-state index contributed by atoms with van der Waals surface area (Å²) >= 11 is 5.45. The van der Waals surface area contributed by atoms with Crippen molar-refractivity contribution in [3.8, 4) is 0 Å². The van der Waals surface area contributed by atoms with Gasteiger partial charge in [-0.3, -0.25) is 0 Å². The molecule has 142 valence electrons. The van der Waals surface area contributed by atoms with Crippen molar-refractivity contribution < 1.29 is 9.53 Å². The van der Waals surface area contributed by atoms with E-state index < -0.39 is 0 Å². The average molecular weight is 391 g/mol. The van der Waals surface area contributed by atoms with Crippen LogP contribution in [-0.4, -0.2) is 17.7 Å². The van der Waals surface area contributed by atoms with Crippen molar-refractivity contribution in [3.05, 3.63) is 95.6 Å². The topological polar surface area (TPSA) is 50.4 Å². The van der Waals surface area contributed by atoms with Crippen LogP contribution < -0.4 is 10.6 Å². The number of anilines is 2. The van der Waals surface area contributed by atoms with Crippen LogP contribution in [0.3, 0.4) is 0 Å². The molecule has 0 unspecified atom stereocenters. The minimum Gasteiger partial charge on any atom is -0.462 e. The van der Waals surface area contributed by atoms with Gasteiger partial charge in [-0.2, -0.15) is 0 Å². The van der Waals surface area contributed by atoms with Gasteiger partial charge in [-0.1, -0.05) is 48.5 Å². The molecule has 0 atom stereocenters. The highest BCUT2D eigenvalue weighted by Gasteiger charge is 2.08. The lowest BCUT2D eigenvalue weighted by molar-refractivity contribution is 0.0526. The number of carbonyl (C=O) groups is 1. The molecule has 3 aromatic carbocycles. The van der Waals surface area contributed by atoms with E-state index in [0.29, 0.717) is 17.3 Å². The van der Waals surface area contributed by atoms with Gasteiger partial charge >= 0.3 is 5.97 Å². The van der Waals surface area contributed by atoms with Gasteiger partial charge in [0.05, 0.1) is 12.2 Å². The molecular formula is C23H22N2O2S. The molecule has 5 heteroatoms. The zero-order chi connectivity index (χ0) is 19.8. The quantitative estimate of drug-likeness (QED) is 0.444. The van der Waals surface area contributed by atoms with Crippen molar-refractivity contribution in [2.45, 2.75) is 13.3 Å². The van der Waals surface area contributed by atoms with Crippen LogP contribution in [0.4, 0.5) is 11.4 Å². The molecule has 2 N–H and O–H groups in total. The Morgan fingerprint density at radius 3 is 2.29 bits per heavy atom. The number of benzene rings is 3. The number of hydrogen-bond donors (Lipinski definition) is 2. The minimum absolute atomic E-state index is 0.329. The Morgan fingerprint density at radius 2 is 1.57 bits per heavy atom. The molecule has 4 nitrogen and oxygen atoms in total. The molecule has 0 aliphatic heterocycles. The summed E-state index contributed by atoms with van der Waals surface area (Å²) in [7, 11) is 0. The summed E-state index contributed by atoms with van der Waals surface area (Å²) in [6.45, 7) is 2.14. The molecule has 0 saturated carbocycles. The van der Waals surface area contributed by atoms with Crippen LogP contribution in [0.5, 0.6) is 0 Å². The Kier molecular flexibility index (Phi) is 6.76. The number of esters is 1. The van der Waals surface area contributed by atoms with Crippen LogP contribution in [0.15, 0.2) is 78.9 Å². The maximum absolute atomic E-state index is 11.7. The first-order valence-corrected chi connectivity index (χ1v) is 9.53. The van der Waals surface area contributed by atoms with E-state index in [-0.39, 0.29) is 5.97 Å². The molecule has 3 rings (SSSR count). The Labute approximate surface area is 170 Å². The monoisotopic (exact) mass is 390 g/mol. The van der Waals surface area contributed by atoms with Crippen LogP contribution in [0.1, 0.15) is 28.4 Å². The van der Waals surface area contributed by atoms with Gasteiger partial charge in [-0.25, -0.2) is 4.79 Å². The van der Waals surface area contributed by atoms with Gasteiger partial charge in [0.1, 0.15) is 0 Å². The number of nitrogens with one attached hydrogen (secondary N) is 2. The third-order valence-corrected chi connectivity index (χ3v) is 4.36. The van der Waals surface area contributed by atoms with E-state index >= 15 is 0 Å². The molecule has 0 heterocycles. The predicted molar refractivity (Wildman–Crippen MR) is 118 cm³/mol. The molecule has 0 bridgehead atoms. The molecule has 3 aromatic rings. The van der Waals surface area contributed by atoms with Crippen LogP contribution in [-0.2, 0) is 11.2 Å². The third-order valence-electron chi connectivity index (χ3n) is 4.16. The summed E-state index contributed by atoms with van der Waals surface area (Å²) in [5.41, 5.74) is 4.68. The fourth-order valence-electron chi connectivity index (χ4n) is 2.80. The lowest BCUT2D eigenvalue weighted by atomic mass is 10.0. The average Bonchev–Trinajstić information content (AvgIpc) is 2.71. The molecule has 0 saturated heterocycles. The van der Waals surface area contributed by atoms with Crippen molar-refractivity contribution in [2.75, 3.05) is 17.2 Å². The van der Waals surface area contributed by atoms with Crippen molar-refractivity contribution >= 4 is 34.7 Å². The summed E-state index contributed by atoms with van der Waals surface area (Å²) in [5, 5.41) is 6.90. The molecule has 0 aromatic heterocycles. The predicted octanol–water partition coefficient (Wildman–Crippen LogP) is 5.26. The van der Waals surface area contributed by atoms with E-state index in [9.17, 15) is 4.79 Å². The summed E-state index contributed by atoms with van der Waals surface area (Å²) in [6, 6.07) is 25.4. The molecule has 0 fully saturated rings. The van der Waals surface area contributed by atoms with E-state index in [1.807, 2.05) is 36.4 Å². The molecule has 0 amide bonds. The van der Waals surface area contributed by atoms with Gasteiger partial charge in [-0.05, 0) is 67.0 Å². The van der Waals surface area contributed by atoms with E-state index in [4.69, 9.17) is 17.0 Å². The highest BCUT2D eigenvalue weighted by atomic mass is 32.1. The Morgan fingerprint density at radius 1 is 0.893 bits per heavy atom. The van der Waals surface area contributed by atoms with Crippen molar-refractivity contribution in [1.29, 1.82) is 0 Å². The zero-order valence-electron chi connectivity index (χ0n) is 15.6. The van der Waals surface area contributed by atoms with Gasteiger partial charge in [0.2, 0.25) is 0 Å². The number of thiocarbonyl (C=S) groups is 1. The highest BCUT2D eigenvalue weighted by Crippen LogP contribution is 2.20. The first-order valence-electron chi connectivity index (χ1n) is 9.12. The fraction of sp³-hybridized carbons (Fsp3) is 0.130. The van der Waals surface area contributed by atoms with Gasteiger partial charge in [0, 0.05) is 11.4 Å². The number of ether oxygens (including phenoxy) is 1. The standard InChI is InChI=1S/C23H22N2O2S/c1-2-27-22(26)18-12-14-20(15-13-18)24-23(28)25-21-11-7-6-10-19(21)16-17-8-4-3-5-9-17/h3-15H,2,16H2,1H3,(H2,24,25,28). The Balaban J connectivity index is 1.64. The van der Waals surface area contributed by atoms with Crippen molar-refractivity contribution in [2.24, 2.45) is 0 Å². The number of para-hydroxylation sites is 1. The third kappa shape index (κ3) is 5.41. The molecular weight excluding hydrogens is 368 g/mol. The molecule has 0 radical (unpaired) electrons. The number of rotatable bonds is 6. The molecule has 28 heavy (non-hydrogen) atoms. The van der Waals surface area contributed by atoms with Crippen molar-refractivity contribution in [3.63, 3.8) is 0 Å². The smallest absolute Gasteiger partial charge is 0.338 e. The maximum Gasteiger partial charge on any atom is 0.338 e. The number of hydrogen-bond acceptors (Lipinski definition) is 3. The fourth-order valence-corrected chi connectivity index (χ4v) is 3.03. The second-order valence-electron chi connectivity index (χ2n) is 6.20. The van der Waals surface area contributed by atoms with Gasteiger partial charge in [0.15, 0.2) is 5.11 Å². The normalized spacial score (nSPS) is 10.2. The highest BCUT2D eigenvalue weighted by molar-refractivity contribution is 7.80. The first-order chi connectivity index (χ1) is 13.7. The largest absolute Gasteiger partial charge is 0.462 e. The van der Waals surface area contributed by atoms with Gasteiger partial charge in [0.25, 0.3) is 0 Å². The second kappa shape index (κ2) is 9.67. The summed E-state index contributed by atoms with van der Waals surface area (Å²) < 4.78 is 4.99. The minimum atomic E-state index is -0.329. The van der Waals surface area contributed by atoms with E-state index in [2.05, 4.69) is 28.8 Å². The summed E-state index contributed by atoms with van der Waals surface area (Å²) in [6.07, 6.45) is 0.820. The summed E-state index contributed by atoms with van der Waals surface area (Å²) in [4.78, 5) is 11.7. The van der Waals surface area contributed by atoms with Crippen LogP contribution >= 0.6 is 12.2 Å². The zero-order valence-corrected chi connectivity index (χ0v) is 16.5. The van der Waals surface area contributed by atoms with Crippen molar-refractivity contribution in [1.82, 2.24) is 0 Å². The van der Waals surface area contributed by atoms with Crippen LogP contribution in [0.2, 0.25) is 0 Å². The Bertz CT molecular complexity index is 940. The SMILES string of the molecule is CCOC(=O)c1ccc(NC(=S)Nc2ccccc2Cc2ccccc2)cc1. The second-order valence-corrected chi connectivity index (χ2v) is 6.60. The molecule has 0 aliphatic rings. The Hall–Kier alpha value is -3.18. The van der Waals surface area contributed by atoms with E-state index in [1.165, 1.54) is 5.56 Å². The van der Waals surface area contributed by atoms with Crippen LogP contribution in [0.25, 0.3) is 0 Å². The lowest BCUT2D eigenvalue weighted by Crippen LogP contribution is -2.20. The van der Waals surface area contributed by atoms with Gasteiger partial charge < -0.3 is 15.4 Å². The van der Waals surface area contributed by atoms with Gasteiger partial charge in [-0.15, -0.1) is 0 Å². The maximum atomic E-state index is 11.7.